The molecule has 0 aromatic heterocycles. The van der Waals surface area contributed by atoms with E-state index in [9.17, 15) is 13.2 Å². The molecular weight excluding hydrogens is 454 g/mol. The van der Waals surface area contributed by atoms with Crippen LogP contribution in [0.15, 0.2) is 12.7 Å². The van der Waals surface area contributed by atoms with Gasteiger partial charge in [-0.05, 0) is 31.1 Å². The lowest BCUT2D eigenvalue weighted by Crippen LogP contribution is -2.26. The Morgan fingerprint density at radius 3 is 1.91 bits per heavy atom. The number of esters is 1. The molecule has 0 heterocycles. The topological polar surface area (TPSA) is 116 Å². The Hall–Kier alpha value is -0.960. The fraction of sp³-hybridized carbons (Fsp3) is 0.885. The smallest absolute Gasteiger partial charge is 0.397 e. The maximum atomic E-state index is 11.6. The van der Waals surface area contributed by atoms with Crippen LogP contribution in [0, 0.1) is 11.8 Å². The maximum absolute atomic E-state index is 11.6. The number of hydrogen-bond acceptors (Lipinski definition) is 6. The quantitative estimate of drug-likeness (QED) is 0.0775. The van der Waals surface area contributed by atoms with Gasteiger partial charge in [0.15, 0.2) is 0 Å². The van der Waals surface area contributed by atoms with Crippen LogP contribution in [0.2, 0.25) is 0 Å². The zero-order valence-corrected chi connectivity index (χ0v) is 23.1. The van der Waals surface area contributed by atoms with E-state index in [1.807, 2.05) is 0 Å². The van der Waals surface area contributed by atoms with Gasteiger partial charge < -0.3 is 10.5 Å². The van der Waals surface area contributed by atoms with Crippen LogP contribution in [0.25, 0.3) is 0 Å². The van der Waals surface area contributed by atoms with Crippen LogP contribution in [0.1, 0.15) is 117 Å². The van der Waals surface area contributed by atoms with E-state index in [-0.39, 0.29) is 12.0 Å². The van der Waals surface area contributed by atoms with Crippen LogP contribution in [0.5, 0.6) is 0 Å². The summed E-state index contributed by atoms with van der Waals surface area (Å²) in [6.45, 7) is 11.1. The van der Waals surface area contributed by atoms with Crippen molar-refractivity contribution in [2.45, 2.75) is 123 Å². The van der Waals surface area contributed by atoms with Crippen molar-refractivity contribution >= 4 is 16.4 Å². The van der Waals surface area contributed by atoms with Crippen molar-refractivity contribution in [1.29, 1.82) is 0 Å². The highest BCUT2D eigenvalue weighted by atomic mass is 32.3. The van der Waals surface area contributed by atoms with Crippen LogP contribution in [0.3, 0.4) is 0 Å². The summed E-state index contributed by atoms with van der Waals surface area (Å²) in [5, 5.41) is 0. The first-order chi connectivity index (χ1) is 16.1. The summed E-state index contributed by atoms with van der Waals surface area (Å²) in [5.41, 5.74) is 5.78. The molecule has 204 valence electrons. The number of hydrogen-bond donors (Lipinski definition) is 2. The third-order valence-corrected chi connectivity index (χ3v) is 6.22. The molecule has 0 radical (unpaired) electrons. The summed E-state index contributed by atoms with van der Waals surface area (Å²) < 4.78 is 34.9. The van der Waals surface area contributed by atoms with E-state index in [0.717, 1.165) is 31.8 Å². The number of carbonyl (C=O) groups is 1. The molecule has 0 rings (SSSR count). The highest BCUT2D eigenvalue weighted by molar-refractivity contribution is 7.80. The second-order valence-corrected chi connectivity index (χ2v) is 10.7. The largest absolute Gasteiger partial charge is 0.464 e. The normalized spacial score (nSPS) is 13.9. The van der Waals surface area contributed by atoms with Crippen LogP contribution in [-0.4, -0.2) is 38.7 Å². The van der Waals surface area contributed by atoms with E-state index in [2.05, 4.69) is 31.5 Å². The molecule has 0 aliphatic rings. The predicted molar refractivity (Wildman–Crippen MR) is 141 cm³/mol. The van der Waals surface area contributed by atoms with Gasteiger partial charge in [0, 0.05) is 12.5 Å². The average Bonchev–Trinajstić information content (AvgIpc) is 2.76. The molecule has 0 aromatic carbocycles. The molecule has 3 unspecified atom stereocenters. The monoisotopic (exact) mass is 507 g/mol. The van der Waals surface area contributed by atoms with Crippen molar-refractivity contribution in [3.63, 3.8) is 0 Å². The van der Waals surface area contributed by atoms with E-state index in [1.54, 1.807) is 6.08 Å². The predicted octanol–water partition coefficient (Wildman–Crippen LogP) is 6.62. The number of rotatable bonds is 21. The molecule has 3 atom stereocenters. The van der Waals surface area contributed by atoms with Crippen LogP contribution in [-0.2, 0) is 24.1 Å². The van der Waals surface area contributed by atoms with Crippen LogP contribution >= 0.6 is 0 Å². The third-order valence-electron chi connectivity index (χ3n) is 5.80. The van der Waals surface area contributed by atoms with Gasteiger partial charge in [-0.25, -0.2) is 0 Å². The molecule has 0 amide bonds. The summed E-state index contributed by atoms with van der Waals surface area (Å²) in [5.74, 6) is 1.68. The molecule has 0 spiro atoms. The number of ether oxygens (including phenoxy) is 1. The summed E-state index contributed by atoms with van der Waals surface area (Å²) in [7, 11) is -3.29. The van der Waals surface area contributed by atoms with Crippen molar-refractivity contribution < 1.29 is 26.7 Å². The minimum atomic E-state index is -4.16. The first kappa shape index (κ1) is 35.2. The van der Waals surface area contributed by atoms with Crippen molar-refractivity contribution in [3.8, 4) is 0 Å². The van der Waals surface area contributed by atoms with E-state index >= 15 is 0 Å². The second-order valence-electron chi connectivity index (χ2n) is 9.52. The zero-order chi connectivity index (χ0) is 26.2. The van der Waals surface area contributed by atoms with Gasteiger partial charge in [-0.2, -0.15) is 8.42 Å². The molecule has 0 bridgehead atoms. The Labute approximate surface area is 210 Å². The fourth-order valence-electron chi connectivity index (χ4n) is 3.97. The van der Waals surface area contributed by atoms with Gasteiger partial charge in [-0.15, -0.1) is 6.58 Å². The highest BCUT2D eigenvalue weighted by Gasteiger charge is 2.08. The highest BCUT2D eigenvalue weighted by Crippen LogP contribution is 2.21. The van der Waals surface area contributed by atoms with E-state index < -0.39 is 10.4 Å². The molecule has 0 aliphatic carbocycles. The Morgan fingerprint density at radius 1 is 0.971 bits per heavy atom. The van der Waals surface area contributed by atoms with Crippen molar-refractivity contribution in [2.75, 3.05) is 13.7 Å². The number of nitrogens with two attached hydrogens (primary N) is 1. The molecule has 0 aromatic rings. The first-order valence-electron chi connectivity index (χ1n) is 13.1. The van der Waals surface area contributed by atoms with Gasteiger partial charge in [-0.3, -0.25) is 13.5 Å². The van der Waals surface area contributed by atoms with E-state index in [0.29, 0.717) is 19.4 Å². The molecule has 0 saturated carbocycles. The number of unbranched alkanes of at least 4 members (excludes halogenated alkanes) is 8. The molecule has 0 aliphatic heterocycles. The summed E-state index contributed by atoms with van der Waals surface area (Å²) >= 11 is 0. The van der Waals surface area contributed by atoms with Gasteiger partial charge in [0.2, 0.25) is 0 Å². The molecule has 34 heavy (non-hydrogen) atoms. The first-order valence-corrected chi connectivity index (χ1v) is 14.5. The minimum absolute atomic E-state index is 0.113. The van der Waals surface area contributed by atoms with Gasteiger partial charge >= 0.3 is 16.4 Å². The molecule has 7 nitrogen and oxygen atoms in total. The van der Waals surface area contributed by atoms with E-state index in [4.69, 9.17) is 15.0 Å². The summed E-state index contributed by atoms with van der Waals surface area (Å²) in [6.07, 6.45) is 20.0. The summed E-state index contributed by atoms with van der Waals surface area (Å²) in [6, 6.07) is -0.116. The maximum Gasteiger partial charge on any atom is 0.397 e. The van der Waals surface area contributed by atoms with Gasteiger partial charge in [0.1, 0.15) is 6.61 Å². The Balaban J connectivity index is 0. The molecule has 0 fully saturated rings. The fourth-order valence-corrected chi connectivity index (χ4v) is 3.97. The average molecular weight is 508 g/mol. The van der Waals surface area contributed by atoms with Crippen LogP contribution < -0.4 is 5.73 Å². The lowest BCUT2D eigenvalue weighted by Gasteiger charge is -2.16. The Bertz CT molecular complexity index is 582. The molecule has 3 N–H and O–H groups in total. The molecular formula is C26H53NO6S. The van der Waals surface area contributed by atoms with Gasteiger partial charge in [-0.1, -0.05) is 97.5 Å². The van der Waals surface area contributed by atoms with Gasteiger partial charge in [0.25, 0.3) is 0 Å². The Kier molecular flexibility index (Phi) is 24.6. The number of carbonyl (C=O) groups excluding carboxylic acids is 1. The van der Waals surface area contributed by atoms with Crippen LogP contribution in [0.4, 0.5) is 0 Å². The lowest BCUT2D eigenvalue weighted by molar-refractivity contribution is -0.144. The van der Waals surface area contributed by atoms with E-state index in [1.165, 1.54) is 70.6 Å². The van der Waals surface area contributed by atoms with Gasteiger partial charge in [0.05, 0.1) is 7.11 Å². The zero-order valence-electron chi connectivity index (χ0n) is 22.3. The SMILES string of the molecule is C=CCC(N)COC(=O)CCCCCCCCCCCC(C)CC(C)CCC.COS(=O)(=O)O. The molecule has 0 saturated heterocycles. The Morgan fingerprint density at radius 2 is 1.44 bits per heavy atom. The second kappa shape index (κ2) is 23.8. The lowest BCUT2D eigenvalue weighted by atomic mass is 9.90. The van der Waals surface area contributed by atoms with Crippen molar-refractivity contribution in [2.24, 2.45) is 17.6 Å². The standard InChI is InChI=1S/C25H49NO2.CH4O4S/c1-5-16-22(3)20-23(4)18-14-12-10-8-7-9-11-13-15-19-25(27)28-21-24(26)17-6-2;1-5-6(2,3)4/h6,22-24H,2,5,7-21,26H2,1,3-4H3;1H3,(H,2,3,4). The molecule has 8 heteroatoms. The summed E-state index contributed by atoms with van der Waals surface area (Å²) in [4.78, 5) is 11.6. The minimum Gasteiger partial charge on any atom is -0.464 e. The van der Waals surface area contributed by atoms with Crippen molar-refractivity contribution in [1.82, 2.24) is 0 Å². The van der Waals surface area contributed by atoms with Crippen molar-refractivity contribution in [3.05, 3.63) is 12.7 Å². The third kappa shape index (κ3) is 29.1.